The van der Waals surface area contributed by atoms with E-state index < -0.39 is 34.8 Å². The van der Waals surface area contributed by atoms with E-state index in [-0.39, 0.29) is 6.42 Å². The van der Waals surface area contributed by atoms with Crippen LogP contribution in [0.4, 0.5) is 17.6 Å². The Morgan fingerprint density at radius 3 is 2.35 bits per heavy atom. The van der Waals surface area contributed by atoms with Crippen LogP contribution in [-0.2, 0) is 10.9 Å². The van der Waals surface area contributed by atoms with Gasteiger partial charge in [-0.1, -0.05) is 0 Å². The van der Waals surface area contributed by atoms with Crippen molar-refractivity contribution in [1.82, 2.24) is 0 Å². The summed E-state index contributed by atoms with van der Waals surface area (Å²) in [6.07, 6.45) is -5.62. The summed E-state index contributed by atoms with van der Waals surface area (Å²) in [6.45, 7) is 3.52. The number of aliphatic hydroxyl groups is 1. The molecule has 1 unspecified atom stereocenters. The predicted molar refractivity (Wildman–Crippen MR) is 66.7 cm³/mol. The fourth-order valence-electron chi connectivity index (χ4n) is 1.81. The van der Waals surface area contributed by atoms with Crippen molar-refractivity contribution in [2.45, 2.75) is 44.6 Å². The molecule has 1 N–H and O–H groups in total. The van der Waals surface area contributed by atoms with Crippen LogP contribution in [0.25, 0.3) is 0 Å². The van der Waals surface area contributed by atoms with Crippen LogP contribution in [0.15, 0.2) is 18.2 Å². The number of aliphatic hydroxyl groups excluding tert-OH is 1. The molecule has 0 aliphatic heterocycles. The lowest BCUT2D eigenvalue weighted by atomic mass is 9.94. The first-order valence-corrected chi connectivity index (χ1v) is 6.17. The SMILES string of the molecule is COC(C)(C)CCC(O)c1cc(F)ccc1C(F)(F)F. The van der Waals surface area contributed by atoms with E-state index in [2.05, 4.69) is 0 Å². The van der Waals surface area contributed by atoms with Gasteiger partial charge in [-0.05, 0) is 50.5 Å². The lowest BCUT2D eigenvalue weighted by Gasteiger charge is -2.25. The highest BCUT2D eigenvalue weighted by Gasteiger charge is 2.35. The van der Waals surface area contributed by atoms with Crippen LogP contribution >= 0.6 is 0 Å². The van der Waals surface area contributed by atoms with Crippen LogP contribution in [0.3, 0.4) is 0 Å². The largest absolute Gasteiger partial charge is 0.416 e. The highest BCUT2D eigenvalue weighted by atomic mass is 19.4. The average molecular weight is 294 g/mol. The number of hydrogen-bond donors (Lipinski definition) is 1. The zero-order valence-corrected chi connectivity index (χ0v) is 11.6. The topological polar surface area (TPSA) is 29.5 Å². The third-order valence-corrected chi connectivity index (χ3v) is 3.25. The zero-order chi connectivity index (χ0) is 15.6. The Hall–Kier alpha value is -1.14. The van der Waals surface area contributed by atoms with E-state index in [1.807, 2.05) is 0 Å². The molecule has 0 saturated carbocycles. The van der Waals surface area contributed by atoms with E-state index in [4.69, 9.17) is 4.74 Å². The van der Waals surface area contributed by atoms with Gasteiger partial charge in [-0.25, -0.2) is 4.39 Å². The fourth-order valence-corrected chi connectivity index (χ4v) is 1.81. The second-order valence-corrected chi connectivity index (χ2v) is 5.25. The summed E-state index contributed by atoms with van der Waals surface area (Å²) < 4.78 is 56.7. The molecule has 0 aliphatic carbocycles. The third kappa shape index (κ3) is 4.45. The second-order valence-electron chi connectivity index (χ2n) is 5.25. The van der Waals surface area contributed by atoms with Gasteiger partial charge in [-0.15, -0.1) is 0 Å². The van der Waals surface area contributed by atoms with Gasteiger partial charge in [-0.2, -0.15) is 13.2 Å². The van der Waals surface area contributed by atoms with Crippen molar-refractivity contribution in [2.75, 3.05) is 7.11 Å². The molecule has 0 amide bonds. The van der Waals surface area contributed by atoms with Gasteiger partial charge in [0.15, 0.2) is 0 Å². The van der Waals surface area contributed by atoms with Crippen LogP contribution in [0.2, 0.25) is 0 Å². The number of ether oxygens (including phenoxy) is 1. The molecule has 0 fully saturated rings. The standard InChI is InChI=1S/C14H18F4O2/c1-13(2,20-3)7-6-12(19)10-8-9(15)4-5-11(10)14(16,17)18/h4-5,8,12,19H,6-7H2,1-3H3. The van der Waals surface area contributed by atoms with Gasteiger partial charge in [0.2, 0.25) is 0 Å². The normalized spacial score (nSPS) is 14.4. The molecule has 1 aromatic carbocycles. The molecular weight excluding hydrogens is 276 g/mol. The Balaban J connectivity index is 2.97. The van der Waals surface area contributed by atoms with Crippen LogP contribution in [0, 0.1) is 5.82 Å². The van der Waals surface area contributed by atoms with Crippen molar-refractivity contribution in [2.24, 2.45) is 0 Å². The molecule has 1 aromatic rings. The van der Waals surface area contributed by atoms with Crippen LogP contribution in [0.1, 0.15) is 43.9 Å². The number of benzene rings is 1. The van der Waals surface area contributed by atoms with Gasteiger partial charge in [0.25, 0.3) is 0 Å². The van der Waals surface area contributed by atoms with Crippen molar-refractivity contribution in [3.8, 4) is 0 Å². The number of halogens is 4. The Labute approximate surface area is 115 Å². The van der Waals surface area contributed by atoms with Crippen molar-refractivity contribution < 1.29 is 27.4 Å². The summed E-state index contributed by atoms with van der Waals surface area (Å²) in [5.74, 6) is -0.807. The molecule has 0 saturated heterocycles. The van der Waals surface area contributed by atoms with Gasteiger partial charge in [-0.3, -0.25) is 0 Å². The van der Waals surface area contributed by atoms with Crippen LogP contribution < -0.4 is 0 Å². The summed E-state index contributed by atoms with van der Waals surface area (Å²) in [5.41, 5.74) is -2.02. The van der Waals surface area contributed by atoms with Gasteiger partial charge in [0, 0.05) is 7.11 Å². The molecule has 1 rings (SSSR count). The fraction of sp³-hybridized carbons (Fsp3) is 0.571. The minimum absolute atomic E-state index is 0.0490. The van der Waals surface area contributed by atoms with E-state index in [1.54, 1.807) is 13.8 Å². The molecule has 2 nitrogen and oxygen atoms in total. The van der Waals surface area contributed by atoms with Gasteiger partial charge >= 0.3 is 6.18 Å². The molecule has 0 spiro atoms. The van der Waals surface area contributed by atoms with Crippen molar-refractivity contribution in [3.63, 3.8) is 0 Å². The maximum atomic E-state index is 13.1. The summed E-state index contributed by atoms with van der Waals surface area (Å²) in [7, 11) is 1.48. The molecule has 114 valence electrons. The quantitative estimate of drug-likeness (QED) is 0.829. The molecule has 1 atom stereocenters. The smallest absolute Gasteiger partial charge is 0.388 e. The molecule has 20 heavy (non-hydrogen) atoms. The first-order chi connectivity index (χ1) is 9.07. The van der Waals surface area contributed by atoms with E-state index in [0.717, 1.165) is 12.1 Å². The van der Waals surface area contributed by atoms with Crippen molar-refractivity contribution in [1.29, 1.82) is 0 Å². The molecule has 6 heteroatoms. The summed E-state index contributed by atoms with van der Waals surface area (Å²) >= 11 is 0. The van der Waals surface area contributed by atoms with Crippen LogP contribution in [-0.4, -0.2) is 17.8 Å². The maximum Gasteiger partial charge on any atom is 0.416 e. The molecule has 0 bridgehead atoms. The minimum atomic E-state index is -4.62. The number of methoxy groups -OCH3 is 1. The zero-order valence-electron chi connectivity index (χ0n) is 11.6. The highest BCUT2D eigenvalue weighted by molar-refractivity contribution is 5.32. The number of rotatable bonds is 5. The second kappa shape index (κ2) is 6.10. The minimum Gasteiger partial charge on any atom is -0.388 e. The molecule has 0 heterocycles. The highest BCUT2D eigenvalue weighted by Crippen LogP contribution is 2.36. The summed E-state index contributed by atoms with van der Waals surface area (Å²) in [6, 6.07) is 2.11. The predicted octanol–water partition coefficient (Wildman–Crippen LogP) is 4.08. The molecule has 0 radical (unpaired) electrons. The van der Waals surface area contributed by atoms with Gasteiger partial charge in [0.05, 0.1) is 17.3 Å². The first kappa shape index (κ1) is 16.9. The monoisotopic (exact) mass is 294 g/mol. The molecule has 0 aliphatic rings. The Kier molecular flexibility index (Phi) is 5.15. The summed E-state index contributed by atoms with van der Waals surface area (Å²) in [5, 5.41) is 9.93. The third-order valence-electron chi connectivity index (χ3n) is 3.25. The number of alkyl halides is 3. The number of hydrogen-bond acceptors (Lipinski definition) is 2. The first-order valence-electron chi connectivity index (χ1n) is 6.17. The van der Waals surface area contributed by atoms with Crippen molar-refractivity contribution in [3.05, 3.63) is 35.1 Å². The van der Waals surface area contributed by atoms with Gasteiger partial charge < -0.3 is 9.84 Å². The lowest BCUT2D eigenvalue weighted by Crippen LogP contribution is -2.23. The van der Waals surface area contributed by atoms with Crippen LogP contribution in [0.5, 0.6) is 0 Å². The van der Waals surface area contributed by atoms with E-state index in [9.17, 15) is 22.7 Å². The summed E-state index contributed by atoms with van der Waals surface area (Å²) in [4.78, 5) is 0. The van der Waals surface area contributed by atoms with E-state index >= 15 is 0 Å². The molecular formula is C14H18F4O2. The van der Waals surface area contributed by atoms with E-state index in [0.29, 0.717) is 12.5 Å². The van der Waals surface area contributed by atoms with Crippen molar-refractivity contribution >= 4 is 0 Å². The Morgan fingerprint density at radius 1 is 1.25 bits per heavy atom. The van der Waals surface area contributed by atoms with E-state index in [1.165, 1.54) is 7.11 Å². The Morgan fingerprint density at radius 2 is 1.85 bits per heavy atom. The molecule has 0 aromatic heterocycles. The maximum absolute atomic E-state index is 13.1. The van der Waals surface area contributed by atoms with Gasteiger partial charge in [0.1, 0.15) is 5.82 Å². The lowest BCUT2D eigenvalue weighted by molar-refractivity contribution is -0.139. The Bertz CT molecular complexity index is 455. The average Bonchev–Trinajstić information content (AvgIpc) is 2.34.